The monoisotopic (exact) mass is 212 g/mol. The van der Waals surface area contributed by atoms with E-state index in [2.05, 4.69) is 5.92 Å². The van der Waals surface area contributed by atoms with Crippen molar-refractivity contribution >= 4 is 11.8 Å². The van der Waals surface area contributed by atoms with E-state index in [1.54, 1.807) is 6.92 Å². The Morgan fingerprint density at radius 1 is 1.38 bits per heavy atom. The summed E-state index contributed by atoms with van der Waals surface area (Å²) >= 11 is 0.599. The molecule has 0 rings (SSSR count). The van der Waals surface area contributed by atoms with E-state index in [0.29, 0.717) is 11.8 Å². The fourth-order valence-electron chi connectivity index (χ4n) is 0.581. The first kappa shape index (κ1) is 12.7. The van der Waals surface area contributed by atoms with Crippen LogP contribution in [0.15, 0.2) is 0 Å². The Kier molecular flexibility index (Phi) is 4.65. The van der Waals surface area contributed by atoms with Crippen LogP contribution in [0.5, 0.6) is 0 Å². The zero-order valence-electron chi connectivity index (χ0n) is 7.19. The van der Waals surface area contributed by atoms with Crippen molar-refractivity contribution in [1.29, 1.82) is 0 Å². The van der Waals surface area contributed by atoms with E-state index in [-0.39, 0.29) is 12.2 Å². The lowest BCUT2D eigenvalue weighted by molar-refractivity contribution is -0.105. The summed E-state index contributed by atoms with van der Waals surface area (Å²) in [7, 11) is 0. The predicted octanol–water partition coefficient (Wildman–Crippen LogP) is 2.06. The fraction of sp³-hybridized carbons (Fsp3) is 0.750. The Morgan fingerprint density at radius 2 is 1.92 bits per heavy atom. The molecular weight excluding hydrogens is 201 g/mol. The van der Waals surface area contributed by atoms with Crippen molar-refractivity contribution in [2.75, 3.05) is 11.5 Å². The summed E-state index contributed by atoms with van der Waals surface area (Å²) in [6, 6.07) is 0. The van der Waals surface area contributed by atoms with E-state index < -0.39 is 17.5 Å². The highest BCUT2D eigenvalue weighted by molar-refractivity contribution is 7.99. The highest BCUT2D eigenvalue weighted by Crippen LogP contribution is 2.24. The fourth-order valence-corrected chi connectivity index (χ4v) is 1.54. The maximum absolute atomic E-state index is 11.7. The second-order valence-electron chi connectivity index (χ2n) is 2.64. The second kappa shape index (κ2) is 4.77. The van der Waals surface area contributed by atoms with Gasteiger partial charge in [0.2, 0.25) is 0 Å². The van der Waals surface area contributed by atoms with E-state index in [9.17, 15) is 18.3 Å². The van der Waals surface area contributed by atoms with Crippen molar-refractivity contribution in [3.05, 3.63) is 0 Å². The van der Waals surface area contributed by atoms with Gasteiger partial charge in [-0.15, -0.1) is 18.2 Å². The molecule has 0 fully saturated rings. The normalized spacial score (nSPS) is 16.3. The minimum atomic E-state index is -4.20. The first-order chi connectivity index (χ1) is 5.83. The molecule has 0 radical (unpaired) electrons. The number of halogens is 3. The Morgan fingerprint density at radius 3 is 2.23 bits per heavy atom. The van der Waals surface area contributed by atoms with Gasteiger partial charge < -0.3 is 5.11 Å². The van der Waals surface area contributed by atoms with Crippen molar-refractivity contribution < 1.29 is 18.3 Å². The van der Waals surface area contributed by atoms with Crippen LogP contribution in [0.4, 0.5) is 13.2 Å². The van der Waals surface area contributed by atoms with Gasteiger partial charge in [-0.25, -0.2) is 0 Å². The maximum atomic E-state index is 11.7. The van der Waals surface area contributed by atoms with Gasteiger partial charge in [-0.05, 0) is 6.42 Å². The minimum Gasteiger partial charge on any atom is -0.377 e. The Bertz CT molecular complexity index is 197. The molecule has 0 bridgehead atoms. The molecule has 0 saturated carbocycles. The van der Waals surface area contributed by atoms with Gasteiger partial charge in [0.25, 0.3) is 0 Å². The third kappa shape index (κ3) is 5.83. The van der Waals surface area contributed by atoms with Crippen LogP contribution in [-0.4, -0.2) is 28.4 Å². The number of terminal acetylenes is 1. The third-order valence-corrected chi connectivity index (χ3v) is 2.67. The molecule has 0 aromatic carbocycles. The Labute approximate surface area is 79.7 Å². The van der Waals surface area contributed by atoms with Gasteiger partial charge >= 0.3 is 6.18 Å². The SMILES string of the molecule is C#CC(O)(CC)CSCC(F)(F)F. The molecular formula is C8H11F3OS. The molecule has 0 aromatic heterocycles. The summed E-state index contributed by atoms with van der Waals surface area (Å²) in [4.78, 5) is 0. The topological polar surface area (TPSA) is 20.2 Å². The zero-order chi connectivity index (χ0) is 10.5. The number of hydrogen-bond donors (Lipinski definition) is 1. The smallest absolute Gasteiger partial charge is 0.377 e. The van der Waals surface area contributed by atoms with E-state index in [0.717, 1.165) is 0 Å². The van der Waals surface area contributed by atoms with Crippen LogP contribution in [0.25, 0.3) is 0 Å². The first-order valence-electron chi connectivity index (χ1n) is 3.67. The Balaban J connectivity index is 3.83. The average Bonchev–Trinajstić information content (AvgIpc) is 2.02. The maximum Gasteiger partial charge on any atom is 0.397 e. The van der Waals surface area contributed by atoms with Crippen LogP contribution < -0.4 is 0 Å². The molecule has 1 nitrogen and oxygen atoms in total. The molecule has 13 heavy (non-hydrogen) atoms. The van der Waals surface area contributed by atoms with Crippen molar-refractivity contribution in [2.24, 2.45) is 0 Å². The molecule has 1 unspecified atom stereocenters. The molecule has 0 aliphatic carbocycles. The summed E-state index contributed by atoms with van der Waals surface area (Å²) in [5, 5.41) is 9.40. The van der Waals surface area contributed by atoms with Gasteiger partial charge in [-0.2, -0.15) is 13.2 Å². The summed E-state index contributed by atoms with van der Waals surface area (Å²) in [6.45, 7) is 1.63. The standard InChI is InChI=1S/C8H11F3OS/c1-3-7(12,4-2)5-13-6-8(9,10)11/h1,12H,4-6H2,2H3. The summed E-state index contributed by atoms with van der Waals surface area (Å²) < 4.78 is 35.1. The molecule has 0 aliphatic rings. The van der Waals surface area contributed by atoms with E-state index in [1.165, 1.54) is 0 Å². The van der Waals surface area contributed by atoms with E-state index >= 15 is 0 Å². The van der Waals surface area contributed by atoms with Gasteiger partial charge in [0.15, 0.2) is 0 Å². The van der Waals surface area contributed by atoms with Crippen molar-refractivity contribution in [3.63, 3.8) is 0 Å². The van der Waals surface area contributed by atoms with Crippen LogP contribution in [0.1, 0.15) is 13.3 Å². The van der Waals surface area contributed by atoms with E-state index in [4.69, 9.17) is 6.42 Å². The van der Waals surface area contributed by atoms with Gasteiger partial charge in [-0.3, -0.25) is 0 Å². The van der Waals surface area contributed by atoms with E-state index in [1.807, 2.05) is 0 Å². The lowest BCUT2D eigenvalue weighted by Crippen LogP contribution is -2.29. The van der Waals surface area contributed by atoms with Crippen LogP contribution in [0.3, 0.4) is 0 Å². The van der Waals surface area contributed by atoms with Crippen LogP contribution in [0.2, 0.25) is 0 Å². The van der Waals surface area contributed by atoms with Gasteiger partial charge in [0.1, 0.15) is 5.60 Å². The quantitative estimate of drug-likeness (QED) is 0.720. The second-order valence-corrected chi connectivity index (χ2v) is 3.62. The molecule has 0 spiro atoms. The highest BCUT2D eigenvalue weighted by atomic mass is 32.2. The molecule has 0 aromatic rings. The molecule has 1 N–H and O–H groups in total. The lowest BCUT2D eigenvalue weighted by atomic mass is 10.1. The first-order valence-corrected chi connectivity index (χ1v) is 4.83. The predicted molar refractivity (Wildman–Crippen MR) is 47.5 cm³/mol. The lowest BCUT2D eigenvalue weighted by Gasteiger charge is -2.19. The molecule has 1 atom stereocenters. The van der Waals surface area contributed by atoms with Gasteiger partial charge in [0.05, 0.1) is 5.75 Å². The number of thioether (sulfide) groups is 1. The molecule has 5 heteroatoms. The number of aliphatic hydroxyl groups is 1. The molecule has 0 amide bonds. The van der Waals surface area contributed by atoms with Crippen molar-refractivity contribution in [2.45, 2.75) is 25.1 Å². The summed E-state index contributed by atoms with van der Waals surface area (Å²) in [5.41, 5.74) is -1.41. The van der Waals surface area contributed by atoms with Crippen LogP contribution in [-0.2, 0) is 0 Å². The van der Waals surface area contributed by atoms with Crippen molar-refractivity contribution in [1.82, 2.24) is 0 Å². The molecule has 0 aliphatic heterocycles. The minimum absolute atomic E-state index is 0.0838. The molecule has 0 heterocycles. The van der Waals surface area contributed by atoms with Gasteiger partial charge in [0, 0.05) is 5.75 Å². The largest absolute Gasteiger partial charge is 0.397 e. The molecule has 0 saturated heterocycles. The van der Waals surface area contributed by atoms with Gasteiger partial charge in [-0.1, -0.05) is 12.8 Å². The molecule has 76 valence electrons. The summed E-state index contributed by atoms with van der Waals surface area (Å²) in [6.07, 6.45) is 1.03. The van der Waals surface area contributed by atoms with Crippen LogP contribution in [0, 0.1) is 12.3 Å². The van der Waals surface area contributed by atoms with Crippen LogP contribution >= 0.6 is 11.8 Å². The summed E-state index contributed by atoms with van der Waals surface area (Å²) in [5.74, 6) is 1.02. The number of alkyl halides is 3. The zero-order valence-corrected chi connectivity index (χ0v) is 8.00. The highest BCUT2D eigenvalue weighted by Gasteiger charge is 2.29. The number of rotatable bonds is 4. The Hall–Kier alpha value is -0.340. The third-order valence-electron chi connectivity index (χ3n) is 1.46. The van der Waals surface area contributed by atoms with Crippen molar-refractivity contribution in [3.8, 4) is 12.3 Å². The average molecular weight is 212 g/mol. The number of hydrogen-bond acceptors (Lipinski definition) is 2.